The Balaban J connectivity index is 1.90. The zero-order chi connectivity index (χ0) is 10.9. The molecule has 0 fully saturated rings. The highest BCUT2D eigenvalue weighted by Crippen LogP contribution is 2.09. The number of unbranched alkanes of at least 4 members (excludes halogenated alkanes) is 1. The highest BCUT2D eigenvalue weighted by atomic mass is 32.2. The molecule has 0 aromatic rings. The Labute approximate surface area is 97.1 Å². The first-order valence-corrected chi connectivity index (χ1v) is 6.80. The molecule has 0 spiro atoms. The second-order valence-corrected chi connectivity index (χ2v) is 5.03. The molecule has 0 aliphatic carbocycles. The summed E-state index contributed by atoms with van der Waals surface area (Å²) in [6.07, 6.45) is 3.87. The lowest BCUT2D eigenvalue weighted by Gasteiger charge is -2.13. The molecular formula is C11H22N2OS. The van der Waals surface area contributed by atoms with Gasteiger partial charge in [-0.25, -0.2) is 0 Å². The van der Waals surface area contributed by atoms with Crippen LogP contribution in [0.2, 0.25) is 0 Å². The number of amidine groups is 1. The maximum atomic E-state index is 5.47. The quantitative estimate of drug-likeness (QED) is 0.711. The molecule has 0 unspecified atom stereocenters. The molecule has 0 saturated carbocycles. The van der Waals surface area contributed by atoms with Crippen molar-refractivity contribution in [1.29, 1.82) is 0 Å². The van der Waals surface area contributed by atoms with Gasteiger partial charge in [0.2, 0.25) is 0 Å². The fraction of sp³-hybridized carbons (Fsp3) is 0.909. The van der Waals surface area contributed by atoms with Crippen molar-refractivity contribution in [2.45, 2.75) is 39.2 Å². The minimum atomic E-state index is 0.358. The van der Waals surface area contributed by atoms with E-state index in [0.29, 0.717) is 6.10 Å². The molecule has 1 aliphatic heterocycles. The van der Waals surface area contributed by atoms with Gasteiger partial charge in [0.1, 0.15) is 0 Å². The highest BCUT2D eigenvalue weighted by Gasteiger charge is 2.03. The molecular weight excluding hydrogens is 208 g/mol. The van der Waals surface area contributed by atoms with Crippen LogP contribution in [-0.4, -0.2) is 36.7 Å². The van der Waals surface area contributed by atoms with E-state index in [-0.39, 0.29) is 0 Å². The number of hydrogen-bond acceptors (Lipinski definition) is 4. The summed E-state index contributed by atoms with van der Waals surface area (Å²) in [6, 6.07) is 0. The lowest BCUT2D eigenvalue weighted by atomic mass is 10.3. The maximum Gasteiger partial charge on any atom is 0.156 e. The molecule has 0 amide bonds. The number of nitrogens with zero attached hydrogens (tertiary/aromatic N) is 1. The fourth-order valence-corrected chi connectivity index (χ4v) is 2.16. The zero-order valence-electron chi connectivity index (χ0n) is 9.79. The normalized spacial score (nSPS) is 16.6. The number of rotatable bonds is 6. The van der Waals surface area contributed by atoms with Gasteiger partial charge in [0.05, 0.1) is 6.10 Å². The molecule has 3 nitrogen and oxygen atoms in total. The number of hydrogen-bond donors (Lipinski definition) is 1. The predicted molar refractivity (Wildman–Crippen MR) is 67.7 cm³/mol. The third-order valence-electron chi connectivity index (χ3n) is 2.10. The van der Waals surface area contributed by atoms with E-state index in [9.17, 15) is 0 Å². The van der Waals surface area contributed by atoms with Crippen LogP contribution in [-0.2, 0) is 4.74 Å². The van der Waals surface area contributed by atoms with E-state index in [2.05, 4.69) is 24.2 Å². The molecule has 0 saturated heterocycles. The molecule has 1 N–H and O–H groups in total. The maximum absolute atomic E-state index is 5.47. The van der Waals surface area contributed by atoms with Gasteiger partial charge in [-0.1, -0.05) is 11.8 Å². The van der Waals surface area contributed by atoms with Crippen LogP contribution in [0.1, 0.15) is 33.1 Å². The molecule has 1 rings (SSSR count). The molecule has 0 bridgehead atoms. The molecule has 88 valence electrons. The van der Waals surface area contributed by atoms with E-state index in [0.717, 1.165) is 37.7 Å². The van der Waals surface area contributed by atoms with Crippen LogP contribution in [0, 0.1) is 0 Å². The molecule has 1 heterocycles. The molecule has 1 aliphatic rings. The Morgan fingerprint density at radius 3 is 3.00 bits per heavy atom. The van der Waals surface area contributed by atoms with Crippen molar-refractivity contribution >= 4 is 16.9 Å². The first kappa shape index (κ1) is 12.8. The van der Waals surface area contributed by atoms with Crippen LogP contribution >= 0.6 is 11.8 Å². The standard InChI is InChI=1S/C11H22N2OS/c1-10(2)14-8-4-3-6-12-11-13-7-5-9-15-11/h10H,3-9H2,1-2H3,(H,12,13). The number of thioether (sulfide) groups is 1. The van der Waals surface area contributed by atoms with E-state index >= 15 is 0 Å². The van der Waals surface area contributed by atoms with Crippen molar-refractivity contribution in [3.63, 3.8) is 0 Å². The number of aliphatic imine (C=N–C) groups is 1. The first-order valence-electron chi connectivity index (χ1n) is 5.82. The molecule has 0 aromatic heterocycles. The Kier molecular flexibility index (Phi) is 6.85. The van der Waals surface area contributed by atoms with Gasteiger partial charge in [-0.05, 0) is 33.1 Å². The molecule has 15 heavy (non-hydrogen) atoms. The third-order valence-corrected chi connectivity index (χ3v) is 3.13. The Hall–Kier alpha value is -0.220. The van der Waals surface area contributed by atoms with Gasteiger partial charge in [0.15, 0.2) is 5.17 Å². The van der Waals surface area contributed by atoms with Crippen LogP contribution < -0.4 is 5.32 Å². The smallest absolute Gasteiger partial charge is 0.156 e. The summed E-state index contributed by atoms with van der Waals surface area (Å²) in [6.45, 7) is 7.04. The largest absolute Gasteiger partial charge is 0.379 e. The van der Waals surface area contributed by atoms with Crippen molar-refractivity contribution in [3.8, 4) is 0 Å². The van der Waals surface area contributed by atoms with Crippen LogP contribution in [0.3, 0.4) is 0 Å². The van der Waals surface area contributed by atoms with Crippen molar-refractivity contribution in [2.24, 2.45) is 4.99 Å². The van der Waals surface area contributed by atoms with Gasteiger partial charge < -0.3 is 10.1 Å². The van der Waals surface area contributed by atoms with E-state index in [1.54, 1.807) is 0 Å². The van der Waals surface area contributed by atoms with Gasteiger partial charge in [-0.2, -0.15) is 0 Å². The fourth-order valence-electron chi connectivity index (χ4n) is 1.31. The van der Waals surface area contributed by atoms with Crippen molar-refractivity contribution in [2.75, 3.05) is 25.4 Å². The predicted octanol–water partition coefficient (Wildman–Crippen LogP) is 2.27. The van der Waals surface area contributed by atoms with Gasteiger partial charge in [-0.15, -0.1) is 0 Å². The minimum Gasteiger partial charge on any atom is -0.379 e. The summed E-state index contributed by atoms with van der Waals surface area (Å²) < 4.78 is 5.47. The van der Waals surface area contributed by atoms with Gasteiger partial charge in [0.25, 0.3) is 0 Å². The first-order chi connectivity index (χ1) is 7.29. The second-order valence-electron chi connectivity index (χ2n) is 3.94. The third kappa shape index (κ3) is 6.79. The highest BCUT2D eigenvalue weighted by molar-refractivity contribution is 8.13. The number of nitrogens with one attached hydrogen (secondary N) is 1. The topological polar surface area (TPSA) is 33.6 Å². The second kappa shape index (κ2) is 7.99. The molecule has 0 aromatic carbocycles. The minimum absolute atomic E-state index is 0.358. The summed E-state index contributed by atoms with van der Waals surface area (Å²) in [5, 5.41) is 4.50. The molecule has 0 atom stereocenters. The summed E-state index contributed by atoms with van der Waals surface area (Å²) >= 11 is 1.84. The van der Waals surface area contributed by atoms with Gasteiger partial charge in [0, 0.05) is 25.4 Å². The summed E-state index contributed by atoms with van der Waals surface area (Å²) in [4.78, 5) is 4.41. The van der Waals surface area contributed by atoms with Crippen molar-refractivity contribution in [3.05, 3.63) is 0 Å². The average Bonchev–Trinajstić information content (AvgIpc) is 2.24. The zero-order valence-corrected chi connectivity index (χ0v) is 10.6. The molecule has 0 radical (unpaired) electrons. The number of ether oxygens (including phenoxy) is 1. The van der Waals surface area contributed by atoms with Crippen LogP contribution in [0.5, 0.6) is 0 Å². The average molecular weight is 230 g/mol. The lowest BCUT2D eigenvalue weighted by Crippen LogP contribution is -2.24. The van der Waals surface area contributed by atoms with E-state index in [1.807, 2.05) is 11.8 Å². The Morgan fingerprint density at radius 2 is 2.33 bits per heavy atom. The van der Waals surface area contributed by atoms with E-state index in [1.165, 1.54) is 12.2 Å². The summed E-state index contributed by atoms with van der Waals surface area (Å²) in [5.74, 6) is 1.21. The van der Waals surface area contributed by atoms with Gasteiger partial charge in [-0.3, -0.25) is 4.99 Å². The van der Waals surface area contributed by atoms with Crippen molar-refractivity contribution < 1.29 is 4.74 Å². The van der Waals surface area contributed by atoms with Crippen LogP contribution in [0.15, 0.2) is 4.99 Å². The molecule has 4 heteroatoms. The Morgan fingerprint density at radius 1 is 1.47 bits per heavy atom. The summed E-state index contributed by atoms with van der Waals surface area (Å²) in [5.41, 5.74) is 0. The van der Waals surface area contributed by atoms with Crippen LogP contribution in [0.4, 0.5) is 0 Å². The summed E-state index contributed by atoms with van der Waals surface area (Å²) in [7, 11) is 0. The van der Waals surface area contributed by atoms with Crippen molar-refractivity contribution in [1.82, 2.24) is 5.32 Å². The van der Waals surface area contributed by atoms with E-state index < -0.39 is 0 Å². The van der Waals surface area contributed by atoms with E-state index in [4.69, 9.17) is 4.74 Å². The lowest BCUT2D eigenvalue weighted by molar-refractivity contribution is 0.0762. The van der Waals surface area contributed by atoms with Crippen LogP contribution in [0.25, 0.3) is 0 Å². The monoisotopic (exact) mass is 230 g/mol. The Bertz CT molecular complexity index is 195. The SMILES string of the molecule is CC(C)OCCCCNC1=NCCCS1. The van der Waals surface area contributed by atoms with Gasteiger partial charge >= 0.3 is 0 Å².